The van der Waals surface area contributed by atoms with Crippen molar-refractivity contribution in [2.75, 3.05) is 41.0 Å². The molecular weight excluding hydrogens is 847 g/mol. The van der Waals surface area contributed by atoms with E-state index in [4.69, 9.17) is 14.2 Å². The number of aliphatic carboxylic acids is 1. The lowest BCUT2D eigenvalue weighted by molar-refractivity contribution is -0.889. The summed E-state index contributed by atoms with van der Waals surface area (Å²) in [6.07, 6.45) is 64.0. The number of esters is 2. The van der Waals surface area contributed by atoms with Crippen LogP contribution in [0, 0.1) is 0 Å². The van der Waals surface area contributed by atoms with E-state index in [1.54, 1.807) is 21.1 Å². The summed E-state index contributed by atoms with van der Waals surface area (Å²) in [6.45, 7) is 4.57. The summed E-state index contributed by atoms with van der Waals surface area (Å²) >= 11 is 0. The highest BCUT2D eigenvalue weighted by molar-refractivity contribution is 5.70. The van der Waals surface area contributed by atoms with E-state index >= 15 is 0 Å². The molecule has 0 radical (unpaired) electrons. The van der Waals surface area contributed by atoms with Crippen LogP contribution in [0.5, 0.6) is 0 Å². The lowest BCUT2D eigenvalue weighted by atomic mass is 10.0. The molecule has 0 rings (SSSR count). The van der Waals surface area contributed by atoms with E-state index in [0.717, 1.165) is 83.5 Å². The summed E-state index contributed by atoms with van der Waals surface area (Å²) in [6, 6.07) is -0.730. The zero-order valence-electron chi connectivity index (χ0n) is 45.0. The first-order valence-electron chi connectivity index (χ1n) is 28.3. The first kappa shape index (κ1) is 65.0. The standard InChI is InChI=1S/C60H107NO7/c1-6-8-10-12-14-16-18-20-22-24-26-28-29-31-33-35-37-39-41-43-45-47-49-51-59(63)68-56(54-66-53-52-57(60(64)65)61(3,4)5)55-67-58(62)50-48-46-44-42-40-38-36-34-32-30-27-25-23-21-19-17-15-13-11-9-7-2/h8,10,14,16,20,22,26,28,31,33,56-57H,6-7,9,11-13,15,17-19,21,23-25,27,29-30,32,34-55H2,1-5H3/b10-8+,16-14+,22-20+,28-26+,33-31+. The molecule has 0 saturated carbocycles. The van der Waals surface area contributed by atoms with Crippen molar-refractivity contribution in [3.8, 4) is 0 Å². The lowest BCUT2D eigenvalue weighted by Crippen LogP contribution is -2.55. The number of hydrogen-bond donors (Lipinski definition) is 0. The molecule has 0 aliphatic heterocycles. The minimum Gasteiger partial charge on any atom is -0.544 e. The number of quaternary nitrogens is 1. The van der Waals surface area contributed by atoms with Crippen molar-refractivity contribution in [2.45, 2.75) is 264 Å². The molecule has 0 aromatic carbocycles. The Bertz CT molecular complexity index is 1290. The summed E-state index contributed by atoms with van der Waals surface area (Å²) < 4.78 is 17.3. The second kappa shape index (κ2) is 50.4. The number of carbonyl (C=O) groups is 3. The van der Waals surface area contributed by atoms with Gasteiger partial charge in [-0.2, -0.15) is 0 Å². The number of rotatable bonds is 51. The molecule has 0 heterocycles. The molecule has 394 valence electrons. The number of carboxylic acid groups (broad SMARTS) is 1. The molecular formula is C60H107NO7. The van der Waals surface area contributed by atoms with Crippen molar-refractivity contribution in [1.82, 2.24) is 0 Å². The SMILES string of the molecule is CC/C=C/C/C=C/C/C=C/C/C=C/C/C=C/CCCCCCCCCC(=O)OC(COCCC(C(=O)[O-])[N+](C)(C)C)COC(=O)CCCCCCCCCCCCCCCCCCCCCCC. The van der Waals surface area contributed by atoms with Crippen molar-refractivity contribution >= 4 is 17.9 Å². The highest BCUT2D eigenvalue weighted by Gasteiger charge is 2.25. The highest BCUT2D eigenvalue weighted by atomic mass is 16.6. The molecule has 0 spiro atoms. The van der Waals surface area contributed by atoms with E-state index in [9.17, 15) is 19.5 Å². The quantitative estimate of drug-likeness (QED) is 0.0259. The summed E-state index contributed by atoms with van der Waals surface area (Å²) in [5, 5.41) is 11.7. The summed E-state index contributed by atoms with van der Waals surface area (Å²) in [5.74, 6) is -1.74. The van der Waals surface area contributed by atoms with Crippen LogP contribution in [0.1, 0.15) is 251 Å². The van der Waals surface area contributed by atoms with E-state index in [1.165, 1.54) is 135 Å². The number of nitrogens with zero attached hydrogens (tertiary/aromatic N) is 1. The predicted octanol–water partition coefficient (Wildman–Crippen LogP) is 15.5. The zero-order chi connectivity index (χ0) is 49.9. The third kappa shape index (κ3) is 48.1. The van der Waals surface area contributed by atoms with Gasteiger partial charge in [-0.05, 0) is 57.8 Å². The highest BCUT2D eigenvalue weighted by Crippen LogP contribution is 2.17. The minimum absolute atomic E-state index is 0.0366. The van der Waals surface area contributed by atoms with Crippen LogP contribution in [0.3, 0.4) is 0 Å². The monoisotopic (exact) mass is 954 g/mol. The van der Waals surface area contributed by atoms with Crippen LogP contribution in [0.2, 0.25) is 0 Å². The van der Waals surface area contributed by atoms with Crippen LogP contribution in [0.4, 0.5) is 0 Å². The number of likely N-dealkylation sites (N-methyl/N-ethyl adjacent to an activating group) is 1. The second-order valence-electron chi connectivity index (χ2n) is 20.2. The summed E-state index contributed by atoms with van der Waals surface area (Å²) in [5.41, 5.74) is 0. The average molecular weight is 955 g/mol. The molecule has 0 amide bonds. The normalized spacial score (nSPS) is 13.2. The molecule has 0 fully saturated rings. The molecule has 2 atom stereocenters. The number of hydrogen-bond acceptors (Lipinski definition) is 7. The molecule has 2 unspecified atom stereocenters. The number of carbonyl (C=O) groups excluding carboxylic acids is 3. The molecule has 0 aliphatic rings. The lowest BCUT2D eigenvalue weighted by Gasteiger charge is -2.34. The van der Waals surface area contributed by atoms with Crippen LogP contribution in [0.25, 0.3) is 0 Å². The third-order valence-electron chi connectivity index (χ3n) is 12.7. The Hall–Kier alpha value is -2.97. The maximum absolute atomic E-state index is 12.8. The summed E-state index contributed by atoms with van der Waals surface area (Å²) in [4.78, 5) is 37.2. The van der Waals surface area contributed by atoms with Crippen LogP contribution in [-0.2, 0) is 28.6 Å². The van der Waals surface area contributed by atoms with E-state index < -0.39 is 18.1 Å². The summed E-state index contributed by atoms with van der Waals surface area (Å²) in [7, 11) is 5.42. The Morgan fingerprint density at radius 1 is 0.456 bits per heavy atom. The van der Waals surface area contributed by atoms with E-state index in [1.807, 2.05) is 0 Å². The van der Waals surface area contributed by atoms with E-state index in [-0.39, 0.29) is 42.7 Å². The van der Waals surface area contributed by atoms with Gasteiger partial charge in [0.2, 0.25) is 0 Å². The van der Waals surface area contributed by atoms with Gasteiger partial charge in [0.05, 0.1) is 40.3 Å². The predicted molar refractivity (Wildman–Crippen MR) is 286 cm³/mol. The first-order valence-corrected chi connectivity index (χ1v) is 28.3. The van der Waals surface area contributed by atoms with Crippen molar-refractivity contribution in [1.29, 1.82) is 0 Å². The molecule has 0 aromatic heterocycles. The Morgan fingerprint density at radius 3 is 1.22 bits per heavy atom. The fourth-order valence-electron chi connectivity index (χ4n) is 8.34. The van der Waals surface area contributed by atoms with Crippen LogP contribution in [-0.4, -0.2) is 75.5 Å². The van der Waals surface area contributed by atoms with Crippen molar-refractivity contribution in [3.63, 3.8) is 0 Å². The van der Waals surface area contributed by atoms with Gasteiger partial charge in [0, 0.05) is 19.3 Å². The van der Waals surface area contributed by atoms with Gasteiger partial charge in [0.25, 0.3) is 0 Å². The molecule has 68 heavy (non-hydrogen) atoms. The molecule has 8 heteroatoms. The van der Waals surface area contributed by atoms with Crippen molar-refractivity contribution in [3.05, 3.63) is 60.8 Å². The average Bonchev–Trinajstić information content (AvgIpc) is 3.30. The van der Waals surface area contributed by atoms with Crippen LogP contribution >= 0.6 is 0 Å². The number of allylic oxidation sites excluding steroid dienone is 10. The van der Waals surface area contributed by atoms with Gasteiger partial charge in [0.15, 0.2) is 6.10 Å². The van der Waals surface area contributed by atoms with Gasteiger partial charge in [-0.25, -0.2) is 0 Å². The van der Waals surface area contributed by atoms with Crippen LogP contribution in [0.15, 0.2) is 60.8 Å². The third-order valence-corrected chi connectivity index (χ3v) is 12.7. The van der Waals surface area contributed by atoms with Gasteiger partial charge >= 0.3 is 11.9 Å². The van der Waals surface area contributed by atoms with Gasteiger partial charge in [0.1, 0.15) is 12.6 Å². The topological polar surface area (TPSA) is 102 Å². The number of ether oxygens (including phenoxy) is 3. The van der Waals surface area contributed by atoms with Gasteiger partial charge < -0.3 is 28.6 Å². The maximum Gasteiger partial charge on any atom is 0.306 e. The van der Waals surface area contributed by atoms with E-state index in [0.29, 0.717) is 12.8 Å². The maximum atomic E-state index is 12.8. The van der Waals surface area contributed by atoms with Crippen molar-refractivity contribution in [2.24, 2.45) is 0 Å². The minimum atomic E-state index is -1.13. The fraction of sp³-hybridized carbons (Fsp3) is 0.783. The Balaban J connectivity index is 4.20. The molecule has 8 nitrogen and oxygen atoms in total. The molecule has 0 aromatic rings. The first-order chi connectivity index (χ1) is 33.1. The molecule has 0 saturated heterocycles. The van der Waals surface area contributed by atoms with Gasteiger partial charge in [-0.3, -0.25) is 9.59 Å². The van der Waals surface area contributed by atoms with Gasteiger partial charge in [-0.15, -0.1) is 0 Å². The Kier molecular flexibility index (Phi) is 48.2. The van der Waals surface area contributed by atoms with Gasteiger partial charge in [-0.1, -0.05) is 235 Å². The Labute approximate surface area is 419 Å². The van der Waals surface area contributed by atoms with Crippen LogP contribution < -0.4 is 5.11 Å². The molecule has 0 N–H and O–H groups in total. The molecule has 0 aliphatic carbocycles. The number of carboxylic acids is 1. The Morgan fingerprint density at radius 2 is 0.824 bits per heavy atom. The second-order valence-corrected chi connectivity index (χ2v) is 20.2. The zero-order valence-corrected chi connectivity index (χ0v) is 45.0. The number of unbranched alkanes of at least 4 members (excludes halogenated alkanes) is 27. The largest absolute Gasteiger partial charge is 0.544 e. The smallest absolute Gasteiger partial charge is 0.306 e. The molecule has 0 bridgehead atoms. The van der Waals surface area contributed by atoms with Crippen molar-refractivity contribution < 1.29 is 38.2 Å². The van der Waals surface area contributed by atoms with E-state index in [2.05, 4.69) is 74.6 Å². The fourth-order valence-corrected chi connectivity index (χ4v) is 8.34.